The molecule has 2 saturated heterocycles. The second kappa shape index (κ2) is 5.75. The lowest BCUT2D eigenvalue weighted by atomic mass is 9.97. The first-order valence-electron chi connectivity index (χ1n) is 5.96. The second-order valence-electron chi connectivity index (χ2n) is 4.46. The zero-order valence-electron chi connectivity index (χ0n) is 9.76. The first kappa shape index (κ1) is 12.7. The maximum absolute atomic E-state index is 12.2. The van der Waals surface area contributed by atoms with Gasteiger partial charge in [-0.25, -0.2) is 0 Å². The Bertz CT molecular complexity index is 305. The number of carbonyl (C=O) groups excluding carboxylic acids is 1. The summed E-state index contributed by atoms with van der Waals surface area (Å²) in [6.07, 6.45) is 1.47. The molecule has 0 aliphatic carbocycles. The van der Waals surface area contributed by atoms with E-state index in [2.05, 4.69) is 0 Å². The molecule has 17 heavy (non-hydrogen) atoms. The van der Waals surface area contributed by atoms with Crippen LogP contribution in [-0.4, -0.2) is 54.8 Å². The van der Waals surface area contributed by atoms with Crippen LogP contribution in [-0.2, 0) is 14.3 Å². The van der Waals surface area contributed by atoms with Gasteiger partial charge in [0.05, 0.1) is 24.8 Å². The maximum Gasteiger partial charge on any atom is 0.254 e. The first-order chi connectivity index (χ1) is 8.18. The number of hydrogen-bond acceptors (Lipinski definition) is 4. The highest BCUT2D eigenvalue weighted by Gasteiger charge is 2.31. The summed E-state index contributed by atoms with van der Waals surface area (Å²) in [5.41, 5.74) is 5.65. The molecule has 0 spiro atoms. The van der Waals surface area contributed by atoms with Crippen LogP contribution in [0.5, 0.6) is 0 Å². The topological polar surface area (TPSA) is 64.8 Å². The molecule has 2 heterocycles. The van der Waals surface area contributed by atoms with Gasteiger partial charge in [-0.15, -0.1) is 0 Å². The van der Waals surface area contributed by atoms with Gasteiger partial charge in [-0.05, 0) is 12.8 Å². The van der Waals surface area contributed by atoms with Gasteiger partial charge in [-0.2, -0.15) is 0 Å². The lowest BCUT2D eigenvalue weighted by Crippen LogP contribution is -2.50. The van der Waals surface area contributed by atoms with Crippen molar-refractivity contribution in [1.29, 1.82) is 0 Å². The molecule has 2 aliphatic rings. The Morgan fingerprint density at radius 3 is 2.88 bits per heavy atom. The number of nitrogens with two attached hydrogens (primary N) is 1. The van der Waals surface area contributed by atoms with Crippen LogP contribution in [0.25, 0.3) is 0 Å². The molecular weight excluding hydrogens is 240 g/mol. The Kier molecular flexibility index (Phi) is 4.31. The van der Waals surface area contributed by atoms with Gasteiger partial charge in [-0.1, -0.05) is 12.2 Å². The summed E-state index contributed by atoms with van der Waals surface area (Å²) >= 11 is 5.00. The molecule has 2 atom stereocenters. The minimum atomic E-state index is -0.450. The van der Waals surface area contributed by atoms with E-state index in [1.165, 1.54) is 0 Å². The molecule has 2 N–H and O–H groups in total. The number of nitrogens with zero attached hydrogens (tertiary/aromatic N) is 1. The maximum atomic E-state index is 12.2. The lowest BCUT2D eigenvalue weighted by molar-refractivity contribution is -0.159. The Hall–Kier alpha value is -0.720. The summed E-state index contributed by atoms with van der Waals surface area (Å²) in [6, 6.07) is 0. The first-order valence-corrected chi connectivity index (χ1v) is 6.37. The molecule has 1 amide bonds. The highest BCUT2D eigenvalue weighted by Crippen LogP contribution is 2.18. The molecule has 2 unspecified atom stereocenters. The van der Waals surface area contributed by atoms with Crippen LogP contribution in [0, 0.1) is 5.92 Å². The Morgan fingerprint density at radius 1 is 1.41 bits per heavy atom. The van der Waals surface area contributed by atoms with E-state index >= 15 is 0 Å². The molecule has 0 radical (unpaired) electrons. The Labute approximate surface area is 106 Å². The zero-order chi connectivity index (χ0) is 12.3. The van der Waals surface area contributed by atoms with Gasteiger partial charge in [-0.3, -0.25) is 4.79 Å². The third-order valence-corrected chi connectivity index (χ3v) is 3.56. The van der Waals surface area contributed by atoms with E-state index in [1.807, 2.05) is 0 Å². The van der Waals surface area contributed by atoms with Gasteiger partial charge in [0.1, 0.15) is 0 Å². The van der Waals surface area contributed by atoms with Gasteiger partial charge in [0, 0.05) is 19.0 Å². The molecular formula is C11H18N2O3S. The summed E-state index contributed by atoms with van der Waals surface area (Å²) in [4.78, 5) is 14.5. The van der Waals surface area contributed by atoms with Crippen LogP contribution in [0.4, 0.5) is 0 Å². The summed E-state index contributed by atoms with van der Waals surface area (Å²) in [5, 5.41) is 0. The second-order valence-corrected chi connectivity index (χ2v) is 4.93. The van der Waals surface area contributed by atoms with Crippen LogP contribution >= 0.6 is 12.2 Å². The monoisotopic (exact) mass is 258 g/mol. The van der Waals surface area contributed by atoms with Crippen molar-refractivity contribution in [2.24, 2.45) is 11.7 Å². The van der Waals surface area contributed by atoms with Crippen molar-refractivity contribution in [1.82, 2.24) is 4.90 Å². The predicted octanol–water partition coefficient (Wildman–Crippen LogP) is -0.0735. The molecule has 0 aromatic carbocycles. The molecule has 0 aromatic heterocycles. The third-order valence-electron chi connectivity index (χ3n) is 3.23. The Morgan fingerprint density at radius 2 is 2.24 bits per heavy atom. The highest BCUT2D eigenvalue weighted by molar-refractivity contribution is 7.80. The molecule has 96 valence electrons. The third kappa shape index (κ3) is 3.14. The molecule has 0 saturated carbocycles. The van der Waals surface area contributed by atoms with Gasteiger partial charge in [0.15, 0.2) is 6.10 Å². The van der Waals surface area contributed by atoms with E-state index in [1.54, 1.807) is 4.90 Å². The van der Waals surface area contributed by atoms with Crippen molar-refractivity contribution in [3.8, 4) is 0 Å². The van der Waals surface area contributed by atoms with Crippen molar-refractivity contribution in [3.05, 3.63) is 0 Å². The van der Waals surface area contributed by atoms with Crippen LogP contribution in [0.15, 0.2) is 0 Å². The van der Waals surface area contributed by atoms with Gasteiger partial charge < -0.3 is 20.1 Å². The molecule has 2 fully saturated rings. The fraction of sp³-hybridized carbons (Fsp3) is 0.818. The average Bonchev–Trinajstić information content (AvgIpc) is 2.39. The number of hydrogen-bond donors (Lipinski definition) is 1. The van der Waals surface area contributed by atoms with Gasteiger partial charge in [0.2, 0.25) is 0 Å². The smallest absolute Gasteiger partial charge is 0.254 e. The number of piperidine rings is 1. The van der Waals surface area contributed by atoms with Crippen molar-refractivity contribution in [3.63, 3.8) is 0 Å². The van der Waals surface area contributed by atoms with Crippen LogP contribution in [0.1, 0.15) is 12.8 Å². The van der Waals surface area contributed by atoms with Gasteiger partial charge >= 0.3 is 0 Å². The minimum absolute atomic E-state index is 0.00523. The number of carbonyl (C=O) groups is 1. The number of rotatable bonds is 2. The molecule has 5 nitrogen and oxygen atoms in total. The van der Waals surface area contributed by atoms with E-state index in [4.69, 9.17) is 27.4 Å². The van der Waals surface area contributed by atoms with Crippen LogP contribution in [0.3, 0.4) is 0 Å². The summed E-state index contributed by atoms with van der Waals surface area (Å²) < 4.78 is 10.7. The van der Waals surface area contributed by atoms with Gasteiger partial charge in [0.25, 0.3) is 5.91 Å². The summed E-state index contributed by atoms with van der Waals surface area (Å²) in [6.45, 7) is 2.79. The van der Waals surface area contributed by atoms with E-state index in [9.17, 15) is 4.79 Å². The molecule has 2 aliphatic heterocycles. The number of likely N-dealkylation sites (tertiary alicyclic amines) is 1. The van der Waals surface area contributed by atoms with Crippen molar-refractivity contribution in [2.45, 2.75) is 18.9 Å². The van der Waals surface area contributed by atoms with Crippen molar-refractivity contribution < 1.29 is 14.3 Å². The number of ether oxygens (including phenoxy) is 2. The number of thiocarbonyl (C=S) groups is 1. The van der Waals surface area contributed by atoms with E-state index < -0.39 is 6.10 Å². The van der Waals surface area contributed by atoms with E-state index in [-0.39, 0.29) is 11.8 Å². The lowest BCUT2D eigenvalue weighted by Gasteiger charge is -2.35. The van der Waals surface area contributed by atoms with Crippen LogP contribution in [0.2, 0.25) is 0 Å². The standard InChI is InChI=1S/C11H18N2O3S/c12-10(17)8-2-1-3-13(6-8)11(14)9-7-15-4-5-16-9/h8-9H,1-7H2,(H2,12,17). The molecule has 6 heteroatoms. The zero-order valence-corrected chi connectivity index (χ0v) is 10.6. The largest absolute Gasteiger partial charge is 0.393 e. The fourth-order valence-electron chi connectivity index (χ4n) is 2.24. The Balaban J connectivity index is 1.91. The van der Waals surface area contributed by atoms with Crippen molar-refractivity contribution in [2.75, 3.05) is 32.9 Å². The number of amides is 1. The minimum Gasteiger partial charge on any atom is -0.393 e. The SMILES string of the molecule is NC(=S)C1CCCN(C(=O)C2COCCO2)C1. The molecule has 0 bridgehead atoms. The predicted molar refractivity (Wildman–Crippen MR) is 66.6 cm³/mol. The van der Waals surface area contributed by atoms with E-state index in [0.717, 1.165) is 19.4 Å². The normalized spacial score (nSPS) is 30.0. The summed E-state index contributed by atoms with van der Waals surface area (Å²) in [5.74, 6) is 0.151. The fourth-order valence-corrected chi connectivity index (χ4v) is 2.44. The van der Waals surface area contributed by atoms with Crippen LogP contribution < -0.4 is 5.73 Å². The molecule has 0 aromatic rings. The van der Waals surface area contributed by atoms with E-state index in [0.29, 0.717) is 31.4 Å². The average molecular weight is 258 g/mol. The van der Waals surface area contributed by atoms with Crippen molar-refractivity contribution >= 4 is 23.1 Å². The quantitative estimate of drug-likeness (QED) is 0.702. The molecule has 2 rings (SSSR count). The highest BCUT2D eigenvalue weighted by atomic mass is 32.1. The summed E-state index contributed by atoms with van der Waals surface area (Å²) in [7, 11) is 0.